The minimum Gasteiger partial charge on any atom is -0.465 e. The van der Waals surface area contributed by atoms with Crippen molar-refractivity contribution in [1.29, 1.82) is 0 Å². The number of ether oxygens (including phenoxy) is 2. The fraction of sp³-hybridized carbons (Fsp3) is 0.583. The average Bonchev–Trinajstić information content (AvgIpc) is 2.39. The summed E-state index contributed by atoms with van der Waals surface area (Å²) in [4.78, 5) is 19.6. The van der Waals surface area contributed by atoms with Crippen LogP contribution in [0.2, 0.25) is 0 Å². The van der Waals surface area contributed by atoms with Crippen LogP contribution in [-0.4, -0.2) is 35.8 Å². The van der Waals surface area contributed by atoms with E-state index < -0.39 is 5.97 Å². The van der Waals surface area contributed by atoms with Crippen LogP contribution in [0, 0.1) is 0 Å². The summed E-state index contributed by atoms with van der Waals surface area (Å²) in [6, 6.07) is 0. The number of esters is 1. The predicted molar refractivity (Wildman–Crippen MR) is 65.1 cm³/mol. The normalized spacial score (nSPS) is 19.5. The van der Waals surface area contributed by atoms with Crippen molar-refractivity contribution in [2.75, 3.05) is 19.5 Å². The van der Waals surface area contributed by atoms with E-state index in [-0.39, 0.29) is 17.5 Å². The highest BCUT2D eigenvalue weighted by molar-refractivity contribution is 5.93. The van der Waals surface area contributed by atoms with E-state index in [1.54, 1.807) is 0 Å². The molecule has 1 aromatic heterocycles. The number of nitrogens with two attached hydrogens (primary N) is 1. The van der Waals surface area contributed by atoms with Crippen molar-refractivity contribution in [2.24, 2.45) is 0 Å². The van der Waals surface area contributed by atoms with Crippen LogP contribution in [-0.2, 0) is 15.9 Å². The lowest BCUT2D eigenvalue weighted by molar-refractivity contribution is 0.0156. The summed E-state index contributed by atoms with van der Waals surface area (Å²) in [5.41, 5.74) is 5.91. The molecular formula is C12H17N3O3. The number of nitrogen functional groups attached to an aromatic ring is 1. The van der Waals surface area contributed by atoms with Crippen LogP contribution >= 0.6 is 0 Å². The van der Waals surface area contributed by atoms with Crippen molar-refractivity contribution < 1.29 is 14.3 Å². The lowest BCUT2D eigenvalue weighted by atomic mass is 10.1. The average molecular weight is 251 g/mol. The smallest absolute Gasteiger partial charge is 0.343 e. The van der Waals surface area contributed by atoms with E-state index in [0.717, 1.165) is 19.4 Å². The van der Waals surface area contributed by atoms with Crippen molar-refractivity contribution in [3.8, 4) is 0 Å². The third-order valence-corrected chi connectivity index (χ3v) is 2.96. The van der Waals surface area contributed by atoms with Gasteiger partial charge in [-0.1, -0.05) is 0 Å². The largest absolute Gasteiger partial charge is 0.465 e. The molecule has 0 spiro atoms. The van der Waals surface area contributed by atoms with Crippen molar-refractivity contribution in [1.82, 2.24) is 9.97 Å². The minimum absolute atomic E-state index is 0.155. The molecule has 1 fully saturated rings. The first-order chi connectivity index (χ1) is 8.70. The van der Waals surface area contributed by atoms with Crippen LogP contribution in [0.25, 0.3) is 0 Å². The Labute approximate surface area is 106 Å². The van der Waals surface area contributed by atoms with Gasteiger partial charge in [-0.05, 0) is 19.3 Å². The Bertz CT molecular complexity index is 431. The lowest BCUT2D eigenvalue weighted by Gasteiger charge is -2.21. The maximum absolute atomic E-state index is 11.3. The molecule has 1 saturated heterocycles. The molecule has 1 unspecified atom stereocenters. The van der Waals surface area contributed by atoms with Crippen LogP contribution in [0.3, 0.4) is 0 Å². The third-order valence-electron chi connectivity index (χ3n) is 2.96. The first kappa shape index (κ1) is 12.8. The zero-order valence-corrected chi connectivity index (χ0v) is 10.4. The van der Waals surface area contributed by atoms with Crippen molar-refractivity contribution >= 4 is 11.8 Å². The van der Waals surface area contributed by atoms with Gasteiger partial charge in [-0.15, -0.1) is 0 Å². The molecule has 0 aromatic carbocycles. The lowest BCUT2D eigenvalue weighted by Crippen LogP contribution is -2.23. The molecule has 2 heterocycles. The number of rotatable bonds is 3. The molecule has 1 aliphatic heterocycles. The number of carbonyl (C=O) groups excluding carboxylic acids is 1. The molecule has 0 saturated carbocycles. The van der Waals surface area contributed by atoms with E-state index in [1.807, 2.05) is 0 Å². The number of hydrogen-bond acceptors (Lipinski definition) is 6. The van der Waals surface area contributed by atoms with Gasteiger partial charge in [0.25, 0.3) is 0 Å². The zero-order chi connectivity index (χ0) is 13.0. The highest BCUT2D eigenvalue weighted by Crippen LogP contribution is 2.17. The van der Waals surface area contributed by atoms with Gasteiger partial charge in [-0.25, -0.2) is 14.8 Å². The highest BCUT2D eigenvalue weighted by Gasteiger charge is 2.18. The number of nitrogens with zero attached hydrogens (tertiary/aromatic N) is 2. The Morgan fingerprint density at radius 2 is 2.44 bits per heavy atom. The van der Waals surface area contributed by atoms with Crippen LogP contribution < -0.4 is 5.73 Å². The fourth-order valence-corrected chi connectivity index (χ4v) is 1.97. The molecule has 6 heteroatoms. The summed E-state index contributed by atoms with van der Waals surface area (Å²) in [5, 5.41) is 0. The molecule has 0 aliphatic carbocycles. The number of aromatic nitrogens is 2. The molecule has 0 bridgehead atoms. The molecule has 98 valence electrons. The number of anilines is 1. The van der Waals surface area contributed by atoms with Gasteiger partial charge in [0.2, 0.25) is 0 Å². The van der Waals surface area contributed by atoms with Crippen LogP contribution in [0.15, 0.2) is 6.20 Å². The number of hydrogen-bond donors (Lipinski definition) is 1. The molecule has 1 atom stereocenters. The maximum Gasteiger partial charge on any atom is 0.343 e. The zero-order valence-electron chi connectivity index (χ0n) is 10.4. The molecule has 18 heavy (non-hydrogen) atoms. The Morgan fingerprint density at radius 3 is 3.06 bits per heavy atom. The summed E-state index contributed by atoms with van der Waals surface area (Å²) >= 11 is 0. The van der Waals surface area contributed by atoms with E-state index >= 15 is 0 Å². The molecule has 1 aliphatic rings. The Kier molecular flexibility index (Phi) is 4.09. The SMILES string of the molecule is COC(=O)c1cnc(CC2CCCCO2)nc1N. The van der Waals surface area contributed by atoms with Gasteiger partial charge in [0.1, 0.15) is 17.2 Å². The quantitative estimate of drug-likeness (QED) is 0.805. The van der Waals surface area contributed by atoms with Gasteiger partial charge in [-0.3, -0.25) is 0 Å². The van der Waals surface area contributed by atoms with Crippen LogP contribution in [0.5, 0.6) is 0 Å². The summed E-state index contributed by atoms with van der Waals surface area (Å²) in [6.07, 6.45) is 5.49. The molecule has 1 aromatic rings. The highest BCUT2D eigenvalue weighted by atomic mass is 16.5. The molecule has 2 N–H and O–H groups in total. The summed E-state index contributed by atoms with van der Waals surface area (Å²) in [7, 11) is 1.30. The number of methoxy groups -OCH3 is 1. The minimum atomic E-state index is -0.520. The third kappa shape index (κ3) is 2.95. The van der Waals surface area contributed by atoms with Crippen LogP contribution in [0.1, 0.15) is 35.4 Å². The molecule has 2 rings (SSSR count). The summed E-state index contributed by atoms with van der Waals surface area (Å²) in [6.45, 7) is 0.792. The topological polar surface area (TPSA) is 87.3 Å². The van der Waals surface area contributed by atoms with Gasteiger partial charge < -0.3 is 15.2 Å². The second-order valence-electron chi connectivity index (χ2n) is 4.27. The molecular weight excluding hydrogens is 234 g/mol. The van der Waals surface area contributed by atoms with Crippen molar-refractivity contribution in [3.63, 3.8) is 0 Å². The van der Waals surface area contributed by atoms with E-state index in [9.17, 15) is 4.79 Å². The standard InChI is InChI=1S/C12H17N3O3/c1-17-12(16)9-7-14-10(15-11(9)13)6-8-4-2-3-5-18-8/h7-8H,2-6H2,1H3,(H2,13,14,15). The second kappa shape index (κ2) is 5.77. The van der Waals surface area contributed by atoms with Gasteiger partial charge in [0, 0.05) is 19.2 Å². The van der Waals surface area contributed by atoms with Gasteiger partial charge in [0.15, 0.2) is 0 Å². The van der Waals surface area contributed by atoms with Gasteiger partial charge >= 0.3 is 5.97 Å². The van der Waals surface area contributed by atoms with Crippen LogP contribution in [0.4, 0.5) is 5.82 Å². The number of carbonyl (C=O) groups is 1. The van der Waals surface area contributed by atoms with Gasteiger partial charge in [0.05, 0.1) is 13.2 Å². The second-order valence-corrected chi connectivity index (χ2v) is 4.27. The van der Waals surface area contributed by atoms with Gasteiger partial charge in [-0.2, -0.15) is 0 Å². The van der Waals surface area contributed by atoms with E-state index in [2.05, 4.69) is 14.7 Å². The molecule has 0 amide bonds. The maximum atomic E-state index is 11.3. The summed E-state index contributed by atoms with van der Waals surface area (Å²) < 4.78 is 10.2. The first-order valence-corrected chi connectivity index (χ1v) is 6.02. The predicted octanol–water partition coefficient (Wildman–Crippen LogP) is 0.957. The Balaban J connectivity index is 2.06. The Hall–Kier alpha value is -1.69. The molecule has 6 nitrogen and oxygen atoms in total. The van der Waals surface area contributed by atoms with E-state index in [4.69, 9.17) is 10.5 Å². The fourth-order valence-electron chi connectivity index (χ4n) is 1.97. The van der Waals surface area contributed by atoms with Crippen molar-refractivity contribution in [3.05, 3.63) is 17.6 Å². The molecule has 0 radical (unpaired) electrons. The Morgan fingerprint density at radius 1 is 1.61 bits per heavy atom. The monoisotopic (exact) mass is 251 g/mol. The van der Waals surface area contributed by atoms with E-state index in [1.165, 1.54) is 19.7 Å². The van der Waals surface area contributed by atoms with Crippen molar-refractivity contribution in [2.45, 2.75) is 31.8 Å². The first-order valence-electron chi connectivity index (χ1n) is 6.02. The van der Waals surface area contributed by atoms with E-state index in [0.29, 0.717) is 12.2 Å². The summed E-state index contributed by atoms with van der Waals surface area (Å²) in [5.74, 6) is 0.239.